The standard InChI is InChI=1S/C14H16N2O2/c1-10(2)18-12-6-4-11(5-7-12)13(17)14-15-8-9-16(14)3/h4-10H,1-3H3. The summed E-state index contributed by atoms with van der Waals surface area (Å²) in [6.07, 6.45) is 3.49. The van der Waals surface area contributed by atoms with Crippen molar-refractivity contribution < 1.29 is 9.53 Å². The summed E-state index contributed by atoms with van der Waals surface area (Å²) >= 11 is 0. The van der Waals surface area contributed by atoms with E-state index in [1.165, 1.54) is 0 Å². The number of aromatic nitrogens is 2. The predicted molar refractivity (Wildman–Crippen MR) is 68.8 cm³/mol. The molecule has 1 heterocycles. The summed E-state index contributed by atoms with van der Waals surface area (Å²) in [6, 6.07) is 7.12. The molecule has 2 rings (SSSR count). The molecular weight excluding hydrogens is 228 g/mol. The first-order valence-electron chi connectivity index (χ1n) is 5.86. The van der Waals surface area contributed by atoms with Crippen LogP contribution in [0.25, 0.3) is 0 Å². The van der Waals surface area contributed by atoms with E-state index in [4.69, 9.17) is 4.74 Å². The van der Waals surface area contributed by atoms with Crippen LogP contribution in [0.15, 0.2) is 36.7 Å². The molecular formula is C14H16N2O2. The Kier molecular flexibility index (Phi) is 3.46. The second kappa shape index (κ2) is 5.04. The van der Waals surface area contributed by atoms with Gasteiger partial charge < -0.3 is 9.30 Å². The number of hydrogen-bond donors (Lipinski definition) is 0. The van der Waals surface area contributed by atoms with Gasteiger partial charge in [0.15, 0.2) is 5.82 Å². The largest absolute Gasteiger partial charge is 0.491 e. The SMILES string of the molecule is CC(C)Oc1ccc(C(=O)c2nccn2C)cc1. The lowest BCUT2D eigenvalue weighted by molar-refractivity contribution is 0.102. The minimum absolute atomic E-state index is 0.0846. The zero-order chi connectivity index (χ0) is 13.1. The monoisotopic (exact) mass is 244 g/mol. The van der Waals surface area contributed by atoms with Crippen LogP contribution < -0.4 is 4.74 Å². The molecule has 0 saturated carbocycles. The van der Waals surface area contributed by atoms with Gasteiger partial charge in [-0.25, -0.2) is 4.98 Å². The fraction of sp³-hybridized carbons (Fsp3) is 0.286. The minimum Gasteiger partial charge on any atom is -0.491 e. The third-order valence-electron chi connectivity index (χ3n) is 2.51. The highest BCUT2D eigenvalue weighted by molar-refractivity contribution is 6.06. The van der Waals surface area contributed by atoms with E-state index in [0.717, 1.165) is 5.75 Å². The highest BCUT2D eigenvalue weighted by Gasteiger charge is 2.13. The Hall–Kier alpha value is -2.10. The highest BCUT2D eigenvalue weighted by atomic mass is 16.5. The number of aryl methyl sites for hydroxylation is 1. The Morgan fingerprint density at radius 2 is 1.94 bits per heavy atom. The van der Waals surface area contributed by atoms with E-state index in [1.54, 1.807) is 48.3 Å². The number of ketones is 1. The third-order valence-corrected chi connectivity index (χ3v) is 2.51. The molecule has 0 spiro atoms. The minimum atomic E-state index is -0.0846. The van der Waals surface area contributed by atoms with Crippen molar-refractivity contribution in [1.82, 2.24) is 9.55 Å². The Morgan fingerprint density at radius 1 is 1.28 bits per heavy atom. The molecule has 2 aromatic rings. The maximum absolute atomic E-state index is 12.1. The van der Waals surface area contributed by atoms with Crippen molar-refractivity contribution >= 4 is 5.78 Å². The van der Waals surface area contributed by atoms with Crippen molar-refractivity contribution in [3.05, 3.63) is 48.0 Å². The molecule has 0 aliphatic carbocycles. The summed E-state index contributed by atoms with van der Waals surface area (Å²) in [5, 5.41) is 0. The van der Waals surface area contributed by atoms with Crippen LogP contribution in [0.1, 0.15) is 30.0 Å². The molecule has 1 aromatic heterocycles. The Morgan fingerprint density at radius 3 is 2.44 bits per heavy atom. The Bertz CT molecular complexity index is 541. The summed E-state index contributed by atoms with van der Waals surface area (Å²) in [5.74, 6) is 1.12. The second-order valence-corrected chi connectivity index (χ2v) is 4.38. The van der Waals surface area contributed by atoms with Gasteiger partial charge in [-0.15, -0.1) is 0 Å². The molecule has 0 fully saturated rings. The number of hydrogen-bond acceptors (Lipinski definition) is 3. The van der Waals surface area contributed by atoms with E-state index >= 15 is 0 Å². The average molecular weight is 244 g/mol. The molecule has 0 N–H and O–H groups in total. The molecule has 0 radical (unpaired) electrons. The molecule has 4 nitrogen and oxygen atoms in total. The van der Waals surface area contributed by atoms with Crippen molar-refractivity contribution in [2.75, 3.05) is 0 Å². The molecule has 0 aliphatic heterocycles. The normalized spacial score (nSPS) is 10.7. The van der Waals surface area contributed by atoms with Crippen LogP contribution in [0, 0.1) is 0 Å². The molecule has 94 valence electrons. The predicted octanol–water partition coefficient (Wildman–Crippen LogP) is 2.44. The maximum Gasteiger partial charge on any atom is 0.228 e. The van der Waals surface area contributed by atoms with Gasteiger partial charge >= 0.3 is 0 Å². The van der Waals surface area contributed by atoms with Crippen LogP contribution in [0.2, 0.25) is 0 Å². The van der Waals surface area contributed by atoms with Gasteiger partial charge in [-0.2, -0.15) is 0 Å². The number of ether oxygens (including phenoxy) is 1. The van der Waals surface area contributed by atoms with Gasteiger partial charge in [-0.1, -0.05) is 0 Å². The fourth-order valence-corrected chi connectivity index (χ4v) is 1.67. The lowest BCUT2D eigenvalue weighted by Gasteiger charge is -2.09. The number of benzene rings is 1. The average Bonchev–Trinajstić information content (AvgIpc) is 2.75. The molecule has 0 saturated heterocycles. The fourth-order valence-electron chi connectivity index (χ4n) is 1.67. The molecule has 0 bridgehead atoms. The van der Waals surface area contributed by atoms with E-state index in [9.17, 15) is 4.79 Å². The van der Waals surface area contributed by atoms with Crippen LogP contribution in [-0.4, -0.2) is 21.4 Å². The molecule has 0 atom stereocenters. The van der Waals surface area contributed by atoms with Crippen LogP contribution in [-0.2, 0) is 7.05 Å². The van der Waals surface area contributed by atoms with Crippen LogP contribution in [0.5, 0.6) is 5.75 Å². The zero-order valence-electron chi connectivity index (χ0n) is 10.8. The van der Waals surface area contributed by atoms with E-state index in [2.05, 4.69) is 4.98 Å². The third kappa shape index (κ3) is 2.59. The number of carbonyl (C=O) groups is 1. The van der Waals surface area contributed by atoms with Crippen molar-refractivity contribution in [2.45, 2.75) is 20.0 Å². The summed E-state index contributed by atoms with van der Waals surface area (Å²) in [6.45, 7) is 3.93. The first kappa shape index (κ1) is 12.4. The lowest BCUT2D eigenvalue weighted by atomic mass is 10.1. The first-order chi connectivity index (χ1) is 8.58. The molecule has 0 amide bonds. The van der Waals surface area contributed by atoms with Crippen molar-refractivity contribution in [1.29, 1.82) is 0 Å². The number of rotatable bonds is 4. The molecule has 1 aromatic carbocycles. The van der Waals surface area contributed by atoms with Crippen molar-refractivity contribution in [2.24, 2.45) is 7.05 Å². The topological polar surface area (TPSA) is 44.1 Å². The van der Waals surface area contributed by atoms with E-state index in [1.807, 2.05) is 13.8 Å². The zero-order valence-corrected chi connectivity index (χ0v) is 10.8. The van der Waals surface area contributed by atoms with Gasteiger partial charge in [-0.3, -0.25) is 4.79 Å². The maximum atomic E-state index is 12.1. The number of imidazole rings is 1. The van der Waals surface area contributed by atoms with Gasteiger partial charge in [-0.05, 0) is 38.1 Å². The van der Waals surface area contributed by atoms with Gasteiger partial charge in [0, 0.05) is 25.0 Å². The van der Waals surface area contributed by atoms with E-state index in [-0.39, 0.29) is 11.9 Å². The van der Waals surface area contributed by atoms with Gasteiger partial charge in [0.05, 0.1) is 6.10 Å². The summed E-state index contributed by atoms with van der Waals surface area (Å²) < 4.78 is 7.24. The summed E-state index contributed by atoms with van der Waals surface area (Å²) in [5.41, 5.74) is 0.611. The Balaban J connectivity index is 2.20. The van der Waals surface area contributed by atoms with E-state index in [0.29, 0.717) is 11.4 Å². The van der Waals surface area contributed by atoms with E-state index < -0.39 is 0 Å². The molecule has 0 aliphatic rings. The van der Waals surface area contributed by atoms with Gasteiger partial charge in [0.2, 0.25) is 5.78 Å². The van der Waals surface area contributed by atoms with Gasteiger partial charge in [0.25, 0.3) is 0 Å². The van der Waals surface area contributed by atoms with Crippen LogP contribution >= 0.6 is 0 Å². The first-order valence-corrected chi connectivity index (χ1v) is 5.86. The molecule has 0 unspecified atom stereocenters. The second-order valence-electron chi connectivity index (χ2n) is 4.38. The lowest BCUT2D eigenvalue weighted by Crippen LogP contribution is -2.09. The van der Waals surface area contributed by atoms with Crippen molar-refractivity contribution in [3.8, 4) is 5.75 Å². The highest BCUT2D eigenvalue weighted by Crippen LogP contribution is 2.15. The molecule has 18 heavy (non-hydrogen) atoms. The number of carbonyl (C=O) groups excluding carboxylic acids is 1. The van der Waals surface area contributed by atoms with Gasteiger partial charge in [0.1, 0.15) is 5.75 Å². The quantitative estimate of drug-likeness (QED) is 0.776. The molecule has 4 heteroatoms. The summed E-state index contributed by atoms with van der Waals surface area (Å²) in [4.78, 5) is 16.2. The Labute approximate surface area is 106 Å². The smallest absolute Gasteiger partial charge is 0.228 e. The van der Waals surface area contributed by atoms with Crippen LogP contribution in [0.4, 0.5) is 0 Å². The van der Waals surface area contributed by atoms with Crippen molar-refractivity contribution in [3.63, 3.8) is 0 Å². The number of nitrogens with zero attached hydrogens (tertiary/aromatic N) is 2. The van der Waals surface area contributed by atoms with Crippen LogP contribution in [0.3, 0.4) is 0 Å². The summed E-state index contributed by atoms with van der Waals surface area (Å²) in [7, 11) is 1.80.